The summed E-state index contributed by atoms with van der Waals surface area (Å²) in [5.74, 6) is 0.724. The molecule has 2 atom stereocenters. The molecule has 1 aliphatic heterocycles. The molecule has 1 amide bonds. The molecule has 1 aliphatic carbocycles. The van der Waals surface area contributed by atoms with Crippen molar-refractivity contribution >= 4 is 11.9 Å². The molecule has 2 fully saturated rings. The molecular formula is C22H33FN4O2. The van der Waals surface area contributed by atoms with E-state index in [2.05, 4.69) is 15.2 Å². The number of amides is 1. The Labute approximate surface area is 173 Å². The second-order valence-electron chi connectivity index (χ2n) is 8.48. The van der Waals surface area contributed by atoms with E-state index in [0.29, 0.717) is 19.6 Å². The molecule has 1 heterocycles. The Morgan fingerprint density at radius 3 is 2.52 bits per heavy atom. The maximum atomic E-state index is 13.3. The predicted molar refractivity (Wildman–Crippen MR) is 112 cm³/mol. The topological polar surface area (TPSA) is 57.2 Å². The molecule has 1 N–H and O–H groups in total. The minimum absolute atomic E-state index is 0.0150. The van der Waals surface area contributed by atoms with Gasteiger partial charge in [0.2, 0.25) is 5.91 Å². The third kappa shape index (κ3) is 4.89. The van der Waals surface area contributed by atoms with Crippen LogP contribution in [0.15, 0.2) is 29.3 Å². The third-order valence-corrected chi connectivity index (χ3v) is 6.02. The number of carbonyl (C=O) groups excluding carboxylic acids is 1. The molecule has 2 aliphatic rings. The first-order valence-corrected chi connectivity index (χ1v) is 10.4. The highest BCUT2D eigenvalue weighted by Gasteiger charge is 2.42. The number of morpholine rings is 1. The first kappa shape index (κ1) is 21.6. The van der Waals surface area contributed by atoms with Crippen LogP contribution in [0.5, 0.6) is 0 Å². The number of ether oxygens (including phenoxy) is 1. The molecule has 1 aromatic carbocycles. The van der Waals surface area contributed by atoms with Crippen LogP contribution in [-0.4, -0.2) is 68.5 Å². The second kappa shape index (κ2) is 9.11. The SMILES string of the molecule is CN=C(NCC1(C(=O)N(C)C)CCCC1)N1CC(C)OC(c2ccc(F)cc2)C1. The Balaban J connectivity index is 1.70. The quantitative estimate of drug-likeness (QED) is 0.619. The molecule has 0 aromatic heterocycles. The van der Waals surface area contributed by atoms with Gasteiger partial charge in [0, 0.05) is 34.2 Å². The summed E-state index contributed by atoms with van der Waals surface area (Å²) in [6.45, 7) is 3.96. The van der Waals surface area contributed by atoms with Crippen LogP contribution in [0.2, 0.25) is 0 Å². The van der Waals surface area contributed by atoms with E-state index in [0.717, 1.165) is 37.2 Å². The summed E-state index contributed by atoms with van der Waals surface area (Å²) >= 11 is 0. The summed E-state index contributed by atoms with van der Waals surface area (Å²) < 4.78 is 19.4. The summed E-state index contributed by atoms with van der Waals surface area (Å²) in [6, 6.07) is 6.48. The first-order valence-electron chi connectivity index (χ1n) is 10.4. The van der Waals surface area contributed by atoms with Crippen molar-refractivity contribution in [2.45, 2.75) is 44.8 Å². The number of carbonyl (C=O) groups is 1. The lowest BCUT2D eigenvalue weighted by Crippen LogP contribution is -2.54. The average Bonchev–Trinajstić information content (AvgIpc) is 3.18. The van der Waals surface area contributed by atoms with Gasteiger partial charge in [0.15, 0.2) is 5.96 Å². The fourth-order valence-electron chi connectivity index (χ4n) is 4.56. The monoisotopic (exact) mass is 404 g/mol. The van der Waals surface area contributed by atoms with Gasteiger partial charge in [-0.05, 0) is 37.5 Å². The van der Waals surface area contributed by atoms with Gasteiger partial charge in [0.05, 0.1) is 18.1 Å². The van der Waals surface area contributed by atoms with Gasteiger partial charge >= 0.3 is 0 Å². The Morgan fingerprint density at radius 1 is 1.28 bits per heavy atom. The molecule has 3 rings (SSSR count). The van der Waals surface area contributed by atoms with Crippen LogP contribution in [0, 0.1) is 11.2 Å². The lowest BCUT2D eigenvalue weighted by atomic mass is 9.84. The number of nitrogens with zero attached hydrogens (tertiary/aromatic N) is 3. The highest BCUT2D eigenvalue weighted by Crippen LogP contribution is 2.39. The second-order valence-corrected chi connectivity index (χ2v) is 8.48. The summed E-state index contributed by atoms with van der Waals surface area (Å²) in [5, 5.41) is 3.47. The third-order valence-electron chi connectivity index (χ3n) is 6.02. The standard InChI is InChI=1S/C22H33FN4O2/c1-16-13-27(14-19(29-16)17-7-9-18(23)10-8-17)21(24-2)25-15-22(11-5-6-12-22)20(28)26(3)4/h7-10,16,19H,5-6,11-15H2,1-4H3,(H,24,25). The van der Waals surface area contributed by atoms with Crippen LogP contribution in [0.1, 0.15) is 44.3 Å². The fourth-order valence-corrected chi connectivity index (χ4v) is 4.56. The van der Waals surface area contributed by atoms with Gasteiger partial charge in [-0.25, -0.2) is 4.39 Å². The van der Waals surface area contributed by atoms with Gasteiger partial charge in [0.25, 0.3) is 0 Å². The zero-order valence-electron chi connectivity index (χ0n) is 17.9. The van der Waals surface area contributed by atoms with Crippen molar-refractivity contribution < 1.29 is 13.9 Å². The van der Waals surface area contributed by atoms with E-state index >= 15 is 0 Å². The van der Waals surface area contributed by atoms with Crippen LogP contribution < -0.4 is 5.32 Å². The van der Waals surface area contributed by atoms with Crippen molar-refractivity contribution in [2.24, 2.45) is 10.4 Å². The number of aliphatic imine (C=N–C) groups is 1. The lowest BCUT2D eigenvalue weighted by Gasteiger charge is -2.40. The average molecular weight is 405 g/mol. The fraction of sp³-hybridized carbons (Fsp3) is 0.636. The number of hydrogen-bond donors (Lipinski definition) is 1. The molecule has 1 saturated carbocycles. The first-order chi connectivity index (χ1) is 13.8. The molecule has 1 saturated heterocycles. The van der Waals surface area contributed by atoms with Gasteiger partial charge in [0.1, 0.15) is 11.9 Å². The van der Waals surface area contributed by atoms with E-state index in [4.69, 9.17) is 4.74 Å². The van der Waals surface area contributed by atoms with E-state index in [9.17, 15) is 9.18 Å². The van der Waals surface area contributed by atoms with Crippen molar-refractivity contribution in [2.75, 3.05) is 40.8 Å². The molecule has 0 spiro atoms. The van der Waals surface area contributed by atoms with Crippen molar-refractivity contribution in [1.29, 1.82) is 0 Å². The van der Waals surface area contributed by atoms with Crippen LogP contribution in [-0.2, 0) is 9.53 Å². The van der Waals surface area contributed by atoms with Crippen LogP contribution in [0.3, 0.4) is 0 Å². The molecule has 1 aromatic rings. The molecule has 7 heteroatoms. The van der Waals surface area contributed by atoms with E-state index in [1.165, 1.54) is 12.1 Å². The Hall–Kier alpha value is -2.15. The number of nitrogens with one attached hydrogen (secondary N) is 1. The maximum Gasteiger partial charge on any atom is 0.230 e. The van der Waals surface area contributed by atoms with Gasteiger partial charge in [-0.2, -0.15) is 0 Å². The molecule has 160 valence electrons. The van der Waals surface area contributed by atoms with E-state index < -0.39 is 0 Å². The smallest absolute Gasteiger partial charge is 0.230 e. The van der Waals surface area contributed by atoms with Gasteiger partial charge in [-0.15, -0.1) is 0 Å². The molecule has 0 bridgehead atoms. The zero-order chi connectivity index (χ0) is 21.0. The van der Waals surface area contributed by atoms with Crippen LogP contribution >= 0.6 is 0 Å². The van der Waals surface area contributed by atoms with Crippen molar-refractivity contribution in [1.82, 2.24) is 15.1 Å². The summed E-state index contributed by atoms with van der Waals surface area (Å²) in [6.07, 6.45) is 3.85. The summed E-state index contributed by atoms with van der Waals surface area (Å²) in [5.41, 5.74) is 0.599. The van der Waals surface area contributed by atoms with Crippen LogP contribution in [0.4, 0.5) is 4.39 Å². The van der Waals surface area contributed by atoms with Gasteiger partial charge in [-0.1, -0.05) is 25.0 Å². The van der Waals surface area contributed by atoms with Gasteiger partial charge < -0.3 is 19.9 Å². The van der Waals surface area contributed by atoms with Crippen molar-refractivity contribution in [3.63, 3.8) is 0 Å². The summed E-state index contributed by atoms with van der Waals surface area (Å²) in [7, 11) is 5.42. The Morgan fingerprint density at radius 2 is 1.93 bits per heavy atom. The Kier molecular flexibility index (Phi) is 6.77. The Bertz CT molecular complexity index is 729. The number of guanidine groups is 1. The molecular weight excluding hydrogens is 371 g/mol. The van der Waals surface area contributed by atoms with Crippen molar-refractivity contribution in [3.05, 3.63) is 35.6 Å². The molecule has 2 unspecified atom stereocenters. The summed E-state index contributed by atoms with van der Waals surface area (Å²) in [4.78, 5) is 21.2. The molecule has 0 radical (unpaired) electrons. The highest BCUT2D eigenvalue weighted by atomic mass is 19.1. The predicted octanol–water partition coefficient (Wildman–Crippen LogP) is 2.81. The maximum absolute atomic E-state index is 13.3. The lowest BCUT2D eigenvalue weighted by molar-refractivity contribution is -0.138. The zero-order valence-corrected chi connectivity index (χ0v) is 17.9. The van der Waals surface area contributed by atoms with Crippen LogP contribution in [0.25, 0.3) is 0 Å². The normalized spacial score (nSPS) is 24.4. The highest BCUT2D eigenvalue weighted by molar-refractivity contribution is 5.85. The van der Waals surface area contributed by atoms with E-state index in [1.54, 1.807) is 24.1 Å². The minimum Gasteiger partial charge on any atom is -0.367 e. The number of rotatable bonds is 4. The molecule has 6 nitrogen and oxygen atoms in total. The van der Waals surface area contributed by atoms with Gasteiger partial charge in [-0.3, -0.25) is 9.79 Å². The minimum atomic E-state index is -0.353. The van der Waals surface area contributed by atoms with E-state index in [1.807, 2.05) is 21.0 Å². The largest absolute Gasteiger partial charge is 0.367 e. The van der Waals surface area contributed by atoms with Crippen molar-refractivity contribution in [3.8, 4) is 0 Å². The number of hydrogen-bond acceptors (Lipinski definition) is 3. The van der Waals surface area contributed by atoms with E-state index in [-0.39, 0.29) is 29.3 Å². The number of halogens is 1. The molecule has 29 heavy (non-hydrogen) atoms. The number of benzene rings is 1.